The molecule has 2 aliphatic rings. The first-order valence-corrected chi connectivity index (χ1v) is 10.9. The van der Waals surface area contributed by atoms with E-state index in [0.29, 0.717) is 25.0 Å². The Kier molecular flexibility index (Phi) is 6.58. The molecule has 0 unspecified atom stereocenters. The van der Waals surface area contributed by atoms with Crippen molar-refractivity contribution in [2.75, 3.05) is 13.2 Å². The molecule has 9 heteroatoms. The van der Waals surface area contributed by atoms with Crippen LogP contribution in [0.15, 0.2) is 54.6 Å². The summed E-state index contributed by atoms with van der Waals surface area (Å²) in [5.41, 5.74) is 5.65. The number of benzene rings is 2. The molecule has 1 saturated heterocycles. The number of carbonyl (C=O) groups is 4. The number of urea groups is 1. The van der Waals surface area contributed by atoms with Crippen LogP contribution in [0, 0.1) is 0 Å². The lowest BCUT2D eigenvalue weighted by molar-refractivity contribution is -0.136. The van der Waals surface area contributed by atoms with E-state index < -0.39 is 29.9 Å². The van der Waals surface area contributed by atoms with Crippen LogP contribution in [-0.4, -0.2) is 47.3 Å². The summed E-state index contributed by atoms with van der Waals surface area (Å²) in [6.07, 6.45) is 3.53. The van der Waals surface area contributed by atoms with Gasteiger partial charge in [-0.15, -0.1) is 0 Å². The van der Waals surface area contributed by atoms with Gasteiger partial charge in [-0.2, -0.15) is 0 Å². The van der Waals surface area contributed by atoms with E-state index in [2.05, 4.69) is 16.2 Å². The number of hydrazine groups is 1. The number of para-hydroxylation sites is 1. The largest absolute Gasteiger partial charge is 0.483 e. The van der Waals surface area contributed by atoms with Crippen molar-refractivity contribution < 1.29 is 23.9 Å². The minimum absolute atomic E-state index is 0.307. The van der Waals surface area contributed by atoms with Gasteiger partial charge in [-0.25, -0.2) is 4.79 Å². The summed E-state index contributed by atoms with van der Waals surface area (Å²) in [6, 6.07) is 16.7. The predicted octanol–water partition coefficient (Wildman–Crippen LogP) is 1.67. The van der Waals surface area contributed by atoms with Crippen molar-refractivity contribution in [3.05, 3.63) is 65.7 Å². The Morgan fingerprint density at radius 2 is 1.61 bits per heavy atom. The Morgan fingerprint density at radius 3 is 2.36 bits per heavy atom. The fourth-order valence-electron chi connectivity index (χ4n) is 4.25. The van der Waals surface area contributed by atoms with Gasteiger partial charge in [0.2, 0.25) is 0 Å². The van der Waals surface area contributed by atoms with Crippen molar-refractivity contribution in [1.82, 2.24) is 21.1 Å². The Balaban J connectivity index is 1.24. The van der Waals surface area contributed by atoms with E-state index in [1.165, 1.54) is 0 Å². The molecule has 9 nitrogen and oxygen atoms in total. The summed E-state index contributed by atoms with van der Waals surface area (Å²) in [6.45, 7) is -0.772. The third kappa shape index (κ3) is 5.14. The van der Waals surface area contributed by atoms with Crippen LogP contribution in [0.5, 0.6) is 5.75 Å². The Morgan fingerprint density at radius 1 is 0.939 bits per heavy atom. The summed E-state index contributed by atoms with van der Waals surface area (Å²) >= 11 is 0. The lowest BCUT2D eigenvalue weighted by atomic mass is 9.98. The lowest BCUT2D eigenvalue weighted by Gasteiger charge is -2.19. The van der Waals surface area contributed by atoms with E-state index in [0.717, 1.165) is 28.9 Å². The van der Waals surface area contributed by atoms with Crippen LogP contribution < -0.4 is 20.9 Å². The second kappa shape index (κ2) is 9.72. The molecule has 1 aliphatic carbocycles. The first-order valence-electron chi connectivity index (χ1n) is 10.9. The molecule has 2 aromatic rings. The summed E-state index contributed by atoms with van der Waals surface area (Å²) < 4.78 is 5.64. The monoisotopic (exact) mass is 450 g/mol. The molecular weight excluding hydrogens is 424 g/mol. The Hall–Kier alpha value is -3.88. The van der Waals surface area contributed by atoms with Gasteiger partial charge < -0.3 is 10.1 Å². The average molecular weight is 450 g/mol. The highest BCUT2D eigenvalue weighted by Crippen LogP contribution is 2.34. The molecule has 0 aromatic heterocycles. The van der Waals surface area contributed by atoms with Crippen molar-refractivity contribution in [2.45, 2.75) is 37.6 Å². The third-order valence-corrected chi connectivity index (χ3v) is 5.91. The maximum atomic E-state index is 12.6. The SMILES string of the molecule is O=C(COc1ccccc1Cc1ccccc1)NNC(=O)CN1C(=O)NC2(CCCC2)C1=O. The molecule has 33 heavy (non-hydrogen) atoms. The normalized spacial score (nSPS) is 16.5. The molecule has 172 valence electrons. The summed E-state index contributed by atoms with van der Waals surface area (Å²) in [4.78, 5) is 50.0. The smallest absolute Gasteiger partial charge is 0.325 e. The van der Waals surface area contributed by atoms with E-state index in [1.807, 2.05) is 48.5 Å². The van der Waals surface area contributed by atoms with Gasteiger partial charge in [0.15, 0.2) is 6.61 Å². The van der Waals surface area contributed by atoms with E-state index in [-0.39, 0.29) is 12.5 Å². The number of ether oxygens (including phenoxy) is 1. The van der Waals surface area contributed by atoms with Gasteiger partial charge in [0, 0.05) is 6.42 Å². The predicted molar refractivity (Wildman–Crippen MR) is 119 cm³/mol. The molecule has 1 saturated carbocycles. The van der Waals surface area contributed by atoms with Crippen LogP contribution in [-0.2, 0) is 20.8 Å². The number of nitrogens with zero attached hydrogens (tertiary/aromatic N) is 1. The maximum Gasteiger partial charge on any atom is 0.325 e. The molecule has 1 heterocycles. The molecule has 1 aliphatic heterocycles. The molecule has 2 aromatic carbocycles. The van der Waals surface area contributed by atoms with Gasteiger partial charge in [0.05, 0.1) is 0 Å². The molecule has 2 fully saturated rings. The molecule has 3 N–H and O–H groups in total. The molecule has 5 amide bonds. The molecule has 0 bridgehead atoms. The van der Waals surface area contributed by atoms with Crippen LogP contribution in [0.25, 0.3) is 0 Å². The highest BCUT2D eigenvalue weighted by atomic mass is 16.5. The first kappa shape index (κ1) is 22.3. The highest BCUT2D eigenvalue weighted by Gasteiger charge is 2.52. The van der Waals surface area contributed by atoms with E-state index in [4.69, 9.17) is 4.74 Å². The highest BCUT2D eigenvalue weighted by molar-refractivity contribution is 6.09. The van der Waals surface area contributed by atoms with Gasteiger partial charge >= 0.3 is 6.03 Å². The molecule has 1 spiro atoms. The van der Waals surface area contributed by atoms with Gasteiger partial charge in [0.25, 0.3) is 17.7 Å². The zero-order valence-corrected chi connectivity index (χ0v) is 18.1. The fourth-order valence-corrected chi connectivity index (χ4v) is 4.25. The van der Waals surface area contributed by atoms with Crippen LogP contribution in [0.2, 0.25) is 0 Å². The number of amides is 5. The lowest BCUT2D eigenvalue weighted by Crippen LogP contribution is -2.49. The minimum atomic E-state index is -0.873. The Bertz CT molecular complexity index is 1050. The summed E-state index contributed by atoms with van der Waals surface area (Å²) in [5.74, 6) is -1.05. The third-order valence-electron chi connectivity index (χ3n) is 5.91. The fraction of sp³-hybridized carbons (Fsp3) is 0.333. The maximum absolute atomic E-state index is 12.6. The number of imide groups is 1. The van der Waals surface area contributed by atoms with Crippen LogP contribution in [0.3, 0.4) is 0 Å². The molecule has 0 radical (unpaired) electrons. The van der Waals surface area contributed by atoms with E-state index in [1.54, 1.807) is 6.07 Å². The second-order valence-electron chi connectivity index (χ2n) is 8.27. The topological polar surface area (TPSA) is 117 Å². The minimum Gasteiger partial charge on any atom is -0.483 e. The standard InChI is InChI=1S/C24H26N4O5/c29-20(15-28-22(31)24(25-23(28)32)12-6-7-13-24)26-27-21(30)16-33-19-11-5-4-10-18(19)14-17-8-2-1-3-9-17/h1-5,8-11H,6-7,12-16H2,(H,25,32)(H,26,29)(H,27,30). The van der Waals surface area contributed by atoms with Crippen molar-refractivity contribution in [2.24, 2.45) is 0 Å². The first-order chi connectivity index (χ1) is 16.0. The van der Waals surface area contributed by atoms with Gasteiger partial charge in [-0.05, 0) is 30.0 Å². The molecule has 4 rings (SSSR count). The van der Waals surface area contributed by atoms with Crippen LogP contribution in [0.4, 0.5) is 4.79 Å². The molecule has 0 atom stereocenters. The number of hydrogen-bond acceptors (Lipinski definition) is 5. The van der Waals surface area contributed by atoms with E-state index in [9.17, 15) is 19.2 Å². The molecular formula is C24H26N4O5. The number of carbonyl (C=O) groups excluding carboxylic acids is 4. The van der Waals surface area contributed by atoms with E-state index >= 15 is 0 Å². The Labute approximate surface area is 191 Å². The van der Waals surface area contributed by atoms with Crippen molar-refractivity contribution in [3.8, 4) is 5.75 Å². The van der Waals surface area contributed by atoms with Crippen LogP contribution >= 0.6 is 0 Å². The summed E-state index contributed by atoms with van der Waals surface area (Å²) in [5, 5.41) is 2.71. The number of rotatable bonds is 7. The van der Waals surface area contributed by atoms with Crippen molar-refractivity contribution >= 4 is 23.8 Å². The quantitative estimate of drug-likeness (QED) is 0.438. The van der Waals surface area contributed by atoms with Crippen molar-refractivity contribution in [1.29, 1.82) is 0 Å². The zero-order valence-electron chi connectivity index (χ0n) is 18.1. The van der Waals surface area contributed by atoms with Gasteiger partial charge in [-0.1, -0.05) is 61.4 Å². The van der Waals surface area contributed by atoms with Gasteiger partial charge in [0.1, 0.15) is 17.8 Å². The van der Waals surface area contributed by atoms with Gasteiger partial charge in [-0.3, -0.25) is 30.1 Å². The second-order valence-corrected chi connectivity index (χ2v) is 8.27. The van der Waals surface area contributed by atoms with Crippen molar-refractivity contribution in [3.63, 3.8) is 0 Å². The number of nitrogens with one attached hydrogen (secondary N) is 3. The number of hydrogen-bond donors (Lipinski definition) is 3. The average Bonchev–Trinajstić information content (AvgIpc) is 3.38. The van der Waals surface area contributed by atoms with Crippen LogP contribution in [0.1, 0.15) is 36.8 Å². The zero-order chi connectivity index (χ0) is 23.3. The summed E-state index contributed by atoms with van der Waals surface area (Å²) in [7, 11) is 0.